The van der Waals surface area contributed by atoms with Gasteiger partial charge in [0.05, 0.1) is 0 Å². The third kappa shape index (κ3) is 3.84. The summed E-state index contributed by atoms with van der Waals surface area (Å²) in [4.78, 5) is 27.2. The number of hydrogen-bond acceptors (Lipinski definition) is 3. The monoisotopic (exact) mass is 271 g/mol. The quantitative estimate of drug-likeness (QED) is 0.827. The first-order chi connectivity index (χ1) is 8.45. The summed E-state index contributed by atoms with van der Waals surface area (Å²) in [6, 6.07) is 1.30. The summed E-state index contributed by atoms with van der Waals surface area (Å²) >= 11 is 5.78. The molecule has 0 fully saturated rings. The number of amides is 1. The maximum atomic E-state index is 11.8. The average molecular weight is 272 g/mol. The van der Waals surface area contributed by atoms with Gasteiger partial charge in [0, 0.05) is 32.0 Å². The van der Waals surface area contributed by atoms with Crippen LogP contribution in [0.1, 0.15) is 38.4 Å². The molecule has 0 aliphatic rings. The second-order valence-corrected chi connectivity index (χ2v) is 4.75. The van der Waals surface area contributed by atoms with Crippen LogP contribution in [-0.4, -0.2) is 22.5 Å². The van der Waals surface area contributed by atoms with Crippen molar-refractivity contribution in [3.63, 3.8) is 0 Å². The summed E-state index contributed by atoms with van der Waals surface area (Å²) in [6.07, 6.45) is 0.992. The molecule has 1 aromatic rings. The van der Waals surface area contributed by atoms with Gasteiger partial charge in [-0.15, -0.1) is 0 Å². The molecule has 0 aliphatic heterocycles. The standard InChI is InChI=1S/C12H18ClN3O2/c1-8(2)12-15-9(13)7-11(18)16(12)6-4-5-10(17)14-3/h7-8H,4-6H2,1-3H3,(H,14,17). The van der Waals surface area contributed by atoms with Crippen LogP contribution in [0, 0.1) is 0 Å². The Hall–Kier alpha value is -1.36. The lowest BCUT2D eigenvalue weighted by Gasteiger charge is -2.14. The van der Waals surface area contributed by atoms with Gasteiger partial charge in [-0.2, -0.15) is 0 Å². The van der Waals surface area contributed by atoms with Gasteiger partial charge in [0.1, 0.15) is 11.0 Å². The Kier molecular flexibility index (Phi) is 5.34. The van der Waals surface area contributed by atoms with Crippen LogP contribution < -0.4 is 10.9 Å². The van der Waals surface area contributed by atoms with Crippen molar-refractivity contribution in [2.75, 3.05) is 7.05 Å². The molecule has 0 bridgehead atoms. The van der Waals surface area contributed by atoms with E-state index >= 15 is 0 Å². The number of nitrogens with one attached hydrogen (secondary N) is 1. The molecular weight excluding hydrogens is 254 g/mol. The highest BCUT2D eigenvalue weighted by Crippen LogP contribution is 2.13. The lowest BCUT2D eigenvalue weighted by Crippen LogP contribution is -2.26. The smallest absolute Gasteiger partial charge is 0.254 e. The van der Waals surface area contributed by atoms with Gasteiger partial charge in [-0.25, -0.2) is 4.98 Å². The van der Waals surface area contributed by atoms with Crippen LogP contribution in [0.4, 0.5) is 0 Å². The van der Waals surface area contributed by atoms with E-state index in [1.54, 1.807) is 11.6 Å². The summed E-state index contributed by atoms with van der Waals surface area (Å²) in [5.74, 6) is 0.733. The van der Waals surface area contributed by atoms with Gasteiger partial charge in [-0.1, -0.05) is 25.4 Å². The summed E-state index contributed by atoms with van der Waals surface area (Å²) in [7, 11) is 1.60. The average Bonchev–Trinajstić information content (AvgIpc) is 2.30. The van der Waals surface area contributed by atoms with Crippen LogP contribution in [0.15, 0.2) is 10.9 Å². The molecule has 0 unspecified atom stereocenters. The van der Waals surface area contributed by atoms with E-state index in [-0.39, 0.29) is 22.5 Å². The molecule has 5 nitrogen and oxygen atoms in total. The fourth-order valence-corrected chi connectivity index (χ4v) is 1.86. The molecule has 1 aromatic heterocycles. The molecule has 0 saturated heterocycles. The molecule has 18 heavy (non-hydrogen) atoms. The number of aromatic nitrogens is 2. The third-order valence-corrected chi connectivity index (χ3v) is 2.78. The molecular formula is C12H18ClN3O2. The number of nitrogens with zero attached hydrogens (tertiary/aromatic N) is 2. The van der Waals surface area contributed by atoms with E-state index in [4.69, 9.17) is 11.6 Å². The zero-order valence-electron chi connectivity index (χ0n) is 10.9. The SMILES string of the molecule is CNC(=O)CCCn1c(C(C)C)nc(Cl)cc1=O. The van der Waals surface area contributed by atoms with Crippen molar-refractivity contribution >= 4 is 17.5 Å². The van der Waals surface area contributed by atoms with Crippen molar-refractivity contribution in [1.82, 2.24) is 14.9 Å². The Labute approximate surface area is 111 Å². The fourth-order valence-electron chi connectivity index (χ4n) is 1.68. The van der Waals surface area contributed by atoms with E-state index < -0.39 is 0 Å². The summed E-state index contributed by atoms with van der Waals surface area (Å²) in [6.45, 7) is 4.38. The lowest BCUT2D eigenvalue weighted by atomic mass is 10.2. The van der Waals surface area contributed by atoms with Gasteiger partial charge in [0.15, 0.2) is 0 Å². The minimum absolute atomic E-state index is 0.0314. The maximum Gasteiger partial charge on any atom is 0.254 e. The van der Waals surface area contributed by atoms with Crippen molar-refractivity contribution in [3.8, 4) is 0 Å². The highest BCUT2D eigenvalue weighted by Gasteiger charge is 2.11. The van der Waals surface area contributed by atoms with E-state index in [1.165, 1.54) is 6.07 Å². The Morgan fingerprint density at radius 3 is 2.78 bits per heavy atom. The fraction of sp³-hybridized carbons (Fsp3) is 0.583. The molecule has 1 rings (SSSR count). The Morgan fingerprint density at radius 1 is 1.56 bits per heavy atom. The van der Waals surface area contributed by atoms with E-state index in [1.807, 2.05) is 13.8 Å². The molecule has 6 heteroatoms. The summed E-state index contributed by atoms with van der Waals surface area (Å²) in [5.41, 5.74) is -0.171. The molecule has 0 atom stereocenters. The highest BCUT2D eigenvalue weighted by molar-refractivity contribution is 6.29. The highest BCUT2D eigenvalue weighted by atomic mass is 35.5. The number of rotatable bonds is 5. The molecule has 1 heterocycles. The van der Waals surface area contributed by atoms with Gasteiger partial charge >= 0.3 is 0 Å². The van der Waals surface area contributed by atoms with Gasteiger partial charge in [-0.3, -0.25) is 14.2 Å². The van der Waals surface area contributed by atoms with Crippen LogP contribution in [-0.2, 0) is 11.3 Å². The first-order valence-electron chi connectivity index (χ1n) is 5.93. The first kappa shape index (κ1) is 14.7. The molecule has 0 saturated carbocycles. The maximum absolute atomic E-state index is 11.8. The van der Waals surface area contributed by atoms with E-state index in [0.717, 1.165) is 0 Å². The van der Waals surface area contributed by atoms with Gasteiger partial charge in [0.2, 0.25) is 5.91 Å². The molecule has 0 radical (unpaired) electrons. The molecule has 0 aromatic carbocycles. The lowest BCUT2D eigenvalue weighted by molar-refractivity contribution is -0.120. The first-order valence-corrected chi connectivity index (χ1v) is 6.31. The number of hydrogen-bond donors (Lipinski definition) is 1. The molecule has 1 N–H and O–H groups in total. The zero-order chi connectivity index (χ0) is 13.7. The minimum Gasteiger partial charge on any atom is -0.359 e. The van der Waals surface area contributed by atoms with Crippen molar-refractivity contribution < 1.29 is 4.79 Å². The summed E-state index contributed by atoms with van der Waals surface area (Å²) < 4.78 is 1.58. The Balaban J connectivity index is 2.87. The zero-order valence-corrected chi connectivity index (χ0v) is 11.6. The second-order valence-electron chi connectivity index (χ2n) is 4.36. The predicted molar refractivity (Wildman–Crippen MR) is 70.9 cm³/mol. The van der Waals surface area contributed by atoms with Gasteiger partial charge in [0.25, 0.3) is 5.56 Å². The molecule has 100 valence electrons. The van der Waals surface area contributed by atoms with Crippen molar-refractivity contribution in [2.45, 2.75) is 39.2 Å². The van der Waals surface area contributed by atoms with E-state index in [9.17, 15) is 9.59 Å². The minimum atomic E-state index is -0.171. The Morgan fingerprint density at radius 2 is 2.22 bits per heavy atom. The van der Waals surface area contributed by atoms with Crippen LogP contribution in [0.25, 0.3) is 0 Å². The molecule has 0 aliphatic carbocycles. The summed E-state index contributed by atoms with van der Waals surface area (Å²) in [5, 5.41) is 2.76. The van der Waals surface area contributed by atoms with Crippen molar-refractivity contribution in [2.24, 2.45) is 0 Å². The number of halogens is 1. The number of carbonyl (C=O) groups is 1. The van der Waals surface area contributed by atoms with E-state index in [2.05, 4.69) is 10.3 Å². The second kappa shape index (κ2) is 6.54. The third-order valence-electron chi connectivity index (χ3n) is 2.59. The van der Waals surface area contributed by atoms with Crippen LogP contribution in [0.3, 0.4) is 0 Å². The largest absolute Gasteiger partial charge is 0.359 e. The van der Waals surface area contributed by atoms with Crippen molar-refractivity contribution in [1.29, 1.82) is 0 Å². The molecule has 0 spiro atoms. The molecule has 1 amide bonds. The normalized spacial score (nSPS) is 10.7. The van der Waals surface area contributed by atoms with E-state index in [0.29, 0.717) is 25.2 Å². The van der Waals surface area contributed by atoms with Gasteiger partial charge in [-0.05, 0) is 6.42 Å². The van der Waals surface area contributed by atoms with Crippen LogP contribution in [0.2, 0.25) is 5.15 Å². The predicted octanol–water partition coefficient (Wildman–Crippen LogP) is 1.55. The topological polar surface area (TPSA) is 64.0 Å². The van der Waals surface area contributed by atoms with Crippen LogP contribution >= 0.6 is 11.6 Å². The Bertz CT molecular complexity index is 483. The van der Waals surface area contributed by atoms with Gasteiger partial charge < -0.3 is 5.32 Å². The van der Waals surface area contributed by atoms with Crippen molar-refractivity contribution in [3.05, 3.63) is 27.4 Å². The number of carbonyl (C=O) groups excluding carboxylic acids is 1. The van der Waals surface area contributed by atoms with Crippen LogP contribution in [0.5, 0.6) is 0 Å².